The Labute approximate surface area is 229 Å². The number of thioether (sulfide) groups is 1. The molecule has 1 aromatic heterocycles. The summed E-state index contributed by atoms with van der Waals surface area (Å²) in [5, 5.41) is 22.1. The van der Waals surface area contributed by atoms with Crippen molar-refractivity contribution in [3.05, 3.63) is 65.1 Å². The molecule has 0 aliphatic carbocycles. The first-order valence-electron chi connectivity index (χ1n) is 12.7. The maximum Gasteiger partial charge on any atom is 0.309 e. The molecular formula is C28H32F3N3O4S. The molecule has 0 saturated carbocycles. The first-order chi connectivity index (χ1) is 18.7. The van der Waals surface area contributed by atoms with Crippen LogP contribution in [0, 0.1) is 22.9 Å². The van der Waals surface area contributed by atoms with Crippen molar-refractivity contribution >= 4 is 28.6 Å². The average molecular weight is 564 g/mol. The number of carbonyl (C=O) groups is 1. The van der Waals surface area contributed by atoms with Crippen molar-refractivity contribution in [2.45, 2.75) is 43.2 Å². The highest BCUT2D eigenvalue weighted by atomic mass is 32.2. The summed E-state index contributed by atoms with van der Waals surface area (Å²) in [4.78, 5) is 18.8. The molecule has 0 spiro atoms. The number of carboxylic acid groups (broad SMARTS) is 1. The molecule has 1 aliphatic heterocycles. The lowest BCUT2D eigenvalue weighted by Crippen LogP contribution is -2.45. The number of carboxylic acids is 1. The van der Waals surface area contributed by atoms with Gasteiger partial charge < -0.3 is 25.6 Å². The number of ether oxygens (including phenoxy) is 1. The number of aromatic nitrogens is 1. The Morgan fingerprint density at radius 3 is 2.64 bits per heavy atom. The van der Waals surface area contributed by atoms with Crippen molar-refractivity contribution in [3.63, 3.8) is 0 Å². The lowest BCUT2D eigenvalue weighted by molar-refractivity contribution is -0.153. The molecule has 1 atom stereocenters. The third-order valence-electron chi connectivity index (χ3n) is 7.54. The van der Waals surface area contributed by atoms with E-state index < -0.39 is 34.9 Å². The van der Waals surface area contributed by atoms with Crippen LogP contribution >= 0.6 is 11.8 Å². The molecule has 1 aliphatic rings. The topological polar surface area (TPSA) is 109 Å². The van der Waals surface area contributed by atoms with E-state index in [1.165, 1.54) is 0 Å². The van der Waals surface area contributed by atoms with E-state index in [1.807, 2.05) is 0 Å². The van der Waals surface area contributed by atoms with E-state index in [4.69, 9.17) is 10.5 Å². The zero-order valence-corrected chi connectivity index (χ0v) is 22.4. The van der Waals surface area contributed by atoms with Crippen LogP contribution in [0.25, 0.3) is 10.9 Å². The molecule has 2 heterocycles. The summed E-state index contributed by atoms with van der Waals surface area (Å²) in [7, 11) is 1.55. The predicted molar refractivity (Wildman–Crippen MR) is 143 cm³/mol. The maximum absolute atomic E-state index is 13.9. The molecule has 0 bridgehead atoms. The van der Waals surface area contributed by atoms with E-state index in [2.05, 4.69) is 9.88 Å². The van der Waals surface area contributed by atoms with Gasteiger partial charge in [0, 0.05) is 41.4 Å². The van der Waals surface area contributed by atoms with Crippen LogP contribution in [-0.2, 0) is 11.3 Å². The van der Waals surface area contributed by atoms with Crippen molar-refractivity contribution in [2.24, 2.45) is 11.1 Å². The van der Waals surface area contributed by atoms with Gasteiger partial charge in [-0.2, -0.15) is 0 Å². The molecule has 2 aromatic carbocycles. The first-order valence-corrected chi connectivity index (χ1v) is 13.7. The van der Waals surface area contributed by atoms with E-state index in [0.717, 1.165) is 23.2 Å². The SMILES string of the molecule is COc1ccc2ncc(CN)c(C(O)CCC3(C(=O)O)CCN(CCSc4cc(F)cc(F)c4F)CC3)c2c1. The molecule has 39 heavy (non-hydrogen) atoms. The number of hydrogen-bond acceptors (Lipinski definition) is 7. The van der Waals surface area contributed by atoms with Crippen LogP contribution in [-0.4, -0.2) is 58.6 Å². The van der Waals surface area contributed by atoms with Crippen LogP contribution in [0.4, 0.5) is 13.2 Å². The summed E-state index contributed by atoms with van der Waals surface area (Å²) < 4.78 is 46.1. The zero-order valence-electron chi connectivity index (χ0n) is 21.6. The number of aliphatic carboxylic acids is 1. The third kappa shape index (κ3) is 6.49. The average Bonchev–Trinajstić information content (AvgIpc) is 2.93. The normalized spacial score (nSPS) is 16.4. The van der Waals surface area contributed by atoms with Crippen molar-refractivity contribution < 1.29 is 32.9 Å². The van der Waals surface area contributed by atoms with Gasteiger partial charge >= 0.3 is 5.97 Å². The standard InChI is InChI=1S/C28H32F3N3O4S/c1-38-19-2-3-22-20(14-19)25(17(15-32)16-33-22)23(35)4-5-28(27(36)37)6-8-34(9-7-28)10-11-39-24-13-18(29)12-21(30)26(24)31/h2-3,12-14,16,23,35H,4-11,15,32H2,1H3,(H,36,37). The Kier molecular flexibility index (Phi) is 9.37. The van der Waals surface area contributed by atoms with Gasteiger partial charge in [0.25, 0.3) is 0 Å². The molecule has 3 aromatic rings. The monoisotopic (exact) mass is 563 g/mol. The third-order valence-corrected chi connectivity index (χ3v) is 8.54. The Balaban J connectivity index is 1.39. The highest BCUT2D eigenvalue weighted by molar-refractivity contribution is 7.99. The highest BCUT2D eigenvalue weighted by Crippen LogP contribution is 2.40. The van der Waals surface area contributed by atoms with Crippen LogP contribution < -0.4 is 10.5 Å². The van der Waals surface area contributed by atoms with Crippen LogP contribution in [0.2, 0.25) is 0 Å². The van der Waals surface area contributed by atoms with Crippen molar-refractivity contribution in [1.82, 2.24) is 9.88 Å². The molecule has 1 fully saturated rings. The van der Waals surface area contributed by atoms with Crippen LogP contribution in [0.3, 0.4) is 0 Å². The quantitative estimate of drug-likeness (QED) is 0.224. The second-order valence-electron chi connectivity index (χ2n) is 9.81. The fraction of sp³-hybridized carbons (Fsp3) is 0.429. The lowest BCUT2D eigenvalue weighted by atomic mass is 9.74. The predicted octanol–water partition coefficient (Wildman–Crippen LogP) is 4.89. The molecule has 0 amide bonds. The van der Waals surface area contributed by atoms with Crippen LogP contribution in [0.15, 0.2) is 41.4 Å². The minimum atomic E-state index is -1.22. The van der Waals surface area contributed by atoms with E-state index in [-0.39, 0.29) is 24.3 Å². The van der Waals surface area contributed by atoms with Crippen molar-refractivity contribution in [1.29, 1.82) is 0 Å². The highest BCUT2D eigenvalue weighted by Gasteiger charge is 2.41. The van der Waals surface area contributed by atoms with E-state index in [1.54, 1.807) is 31.5 Å². The number of fused-ring (bicyclic) bond motifs is 1. The summed E-state index contributed by atoms with van der Waals surface area (Å²) in [5.74, 6) is -3.01. The smallest absolute Gasteiger partial charge is 0.309 e. The number of hydrogen-bond donors (Lipinski definition) is 3. The number of nitrogens with zero attached hydrogens (tertiary/aromatic N) is 2. The van der Waals surface area contributed by atoms with Gasteiger partial charge in [-0.15, -0.1) is 11.8 Å². The molecule has 1 saturated heterocycles. The molecule has 1 unspecified atom stereocenters. The number of methoxy groups -OCH3 is 1. The van der Waals surface area contributed by atoms with E-state index in [9.17, 15) is 28.2 Å². The van der Waals surface area contributed by atoms with Crippen molar-refractivity contribution in [2.75, 3.05) is 32.5 Å². The lowest BCUT2D eigenvalue weighted by Gasteiger charge is -2.39. The molecular weight excluding hydrogens is 531 g/mol. The number of pyridine rings is 1. The molecule has 4 N–H and O–H groups in total. The van der Waals surface area contributed by atoms with Gasteiger partial charge in [0.1, 0.15) is 11.6 Å². The van der Waals surface area contributed by atoms with Crippen LogP contribution in [0.1, 0.15) is 42.9 Å². The summed E-state index contributed by atoms with van der Waals surface area (Å²) in [5.41, 5.74) is 6.95. The number of rotatable bonds is 11. The number of piperidine rings is 1. The number of likely N-dealkylation sites (tertiary alicyclic amines) is 1. The van der Waals surface area contributed by atoms with Gasteiger partial charge in [0.15, 0.2) is 11.6 Å². The van der Waals surface area contributed by atoms with E-state index >= 15 is 0 Å². The Bertz CT molecular complexity index is 1330. The second-order valence-corrected chi connectivity index (χ2v) is 11.0. The molecule has 11 heteroatoms. The minimum absolute atomic E-state index is 0.0866. The summed E-state index contributed by atoms with van der Waals surface area (Å²) in [6.07, 6.45) is 1.98. The number of benzene rings is 2. The fourth-order valence-corrected chi connectivity index (χ4v) is 6.16. The summed E-state index contributed by atoms with van der Waals surface area (Å²) in [6.45, 7) is 1.71. The van der Waals surface area contributed by atoms with E-state index in [0.29, 0.717) is 66.7 Å². The van der Waals surface area contributed by atoms with Gasteiger partial charge in [0.05, 0.1) is 24.1 Å². The Hall–Kier alpha value is -2.86. The van der Waals surface area contributed by atoms with Crippen molar-refractivity contribution in [3.8, 4) is 5.75 Å². The second kappa shape index (κ2) is 12.5. The number of nitrogens with two attached hydrogens (primary N) is 1. The summed E-state index contributed by atoms with van der Waals surface area (Å²) >= 11 is 1.02. The van der Waals surface area contributed by atoms with Gasteiger partial charge in [-0.1, -0.05) is 0 Å². The minimum Gasteiger partial charge on any atom is -0.497 e. The maximum atomic E-state index is 13.9. The largest absolute Gasteiger partial charge is 0.497 e. The molecule has 0 radical (unpaired) electrons. The fourth-order valence-electron chi connectivity index (χ4n) is 5.17. The molecule has 4 rings (SSSR count). The molecule has 7 nitrogen and oxygen atoms in total. The van der Waals surface area contributed by atoms with Gasteiger partial charge in [-0.25, -0.2) is 13.2 Å². The van der Waals surface area contributed by atoms with Gasteiger partial charge in [-0.05, 0) is 74.2 Å². The zero-order chi connectivity index (χ0) is 28.2. The number of aliphatic hydroxyl groups is 1. The van der Waals surface area contributed by atoms with Gasteiger partial charge in [-0.3, -0.25) is 9.78 Å². The summed E-state index contributed by atoms with van der Waals surface area (Å²) in [6, 6.07) is 6.87. The molecule has 210 valence electrons. The number of aliphatic hydroxyl groups excluding tert-OH is 1. The van der Waals surface area contributed by atoms with Gasteiger partial charge in [0.2, 0.25) is 0 Å². The van der Waals surface area contributed by atoms with Crippen LogP contribution in [0.5, 0.6) is 5.75 Å². The Morgan fingerprint density at radius 1 is 1.23 bits per heavy atom. The first kappa shape index (κ1) is 29.1. The Morgan fingerprint density at radius 2 is 1.97 bits per heavy atom. The number of halogens is 3.